The molecular formula is C20H22N4. The number of aromatic nitrogens is 3. The Morgan fingerprint density at radius 2 is 2.00 bits per heavy atom. The van der Waals surface area contributed by atoms with E-state index in [0.29, 0.717) is 0 Å². The van der Waals surface area contributed by atoms with Crippen LogP contribution in [0.4, 0.5) is 5.69 Å². The Morgan fingerprint density at radius 3 is 2.67 bits per heavy atom. The van der Waals surface area contributed by atoms with Gasteiger partial charge in [-0.05, 0) is 43.7 Å². The highest BCUT2D eigenvalue weighted by Gasteiger charge is 2.16. The number of hydrogen-bond acceptors (Lipinski definition) is 3. The molecule has 4 nitrogen and oxygen atoms in total. The van der Waals surface area contributed by atoms with Crippen LogP contribution in [0.1, 0.15) is 35.3 Å². The molecule has 24 heavy (non-hydrogen) atoms. The van der Waals surface area contributed by atoms with Gasteiger partial charge in [-0.3, -0.25) is 4.98 Å². The van der Waals surface area contributed by atoms with E-state index < -0.39 is 0 Å². The Labute approximate surface area is 142 Å². The Morgan fingerprint density at radius 1 is 1.21 bits per heavy atom. The van der Waals surface area contributed by atoms with Crippen molar-refractivity contribution in [2.45, 2.75) is 27.2 Å². The molecule has 3 rings (SSSR count). The number of anilines is 1. The topological polar surface area (TPSA) is 56.7 Å². The highest BCUT2D eigenvalue weighted by atomic mass is 15.1. The molecule has 4 heteroatoms. The molecule has 0 saturated carbocycles. The molecule has 0 bridgehead atoms. The van der Waals surface area contributed by atoms with Gasteiger partial charge in [0.2, 0.25) is 0 Å². The zero-order valence-corrected chi connectivity index (χ0v) is 14.4. The molecule has 2 heterocycles. The number of nitrogen functional groups attached to an aromatic ring is 1. The predicted molar refractivity (Wildman–Crippen MR) is 99.2 cm³/mol. The largest absolute Gasteiger partial charge is 0.398 e. The van der Waals surface area contributed by atoms with Gasteiger partial charge in [0.25, 0.3) is 0 Å². The third-order valence-corrected chi connectivity index (χ3v) is 4.25. The van der Waals surface area contributed by atoms with Crippen molar-refractivity contribution in [3.8, 4) is 5.69 Å². The Kier molecular flexibility index (Phi) is 4.21. The lowest BCUT2D eigenvalue weighted by atomic mass is 9.98. The lowest BCUT2D eigenvalue weighted by molar-refractivity contribution is 0.869. The van der Waals surface area contributed by atoms with E-state index in [9.17, 15) is 0 Å². The maximum atomic E-state index is 6.18. The normalized spacial score (nSPS) is 10.8. The van der Waals surface area contributed by atoms with Crippen LogP contribution in [-0.4, -0.2) is 14.5 Å². The second-order valence-electron chi connectivity index (χ2n) is 5.92. The lowest BCUT2D eigenvalue weighted by Gasteiger charge is -2.18. The number of nitrogens with two attached hydrogens (primary N) is 1. The van der Waals surface area contributed by atoms with Crippen LogP contribution in [0.15, 0.2) is 49.3 Å². The summed E-state index contributed by atoms with van der Waals surface area (Å²) < 4.78 is 2.18. The van der Waals surface area contributed by atoms with Gasteiger partial charge in [-0.2, -0.15) is 0 Å². The number of imidazole rings is 1. The third-order valence-electron chi connectivity index (χ3n) is 4.25. The molecule has 0 radical (unpaired) electrons. The summed E-state index contributed by atoms with van der Waals surface area (Å²) in [5.41, 5.74) is 12.8. The molecule has 0 aliphatic rings. The fraction of sp³-hybridized carbons (Fsp3) is 0.200. The van der Waals surface area contributed by atoms with Gasteiger partial charge in [-0.1, -0.05) is 19.6 Å². The lowest BCUT2D eigenvalue weighted by Crippen LogP contribution is -2.08. The first-order valence-corrected chi connectivity index (χ1v) is 8.07. The van der Waals surface area contributed by atoms with Crippen LogP contribution < -0.4 is 5.73 Å². The van der Waals surface area contributed by atoms with Gasteiger partial charge in [0.15, 0.2) is 0 Å². The molecule has 0 unspecified atom stereocenters. The summed E-state index contributed by atoms with van der Waals surface area (Å²) in [4.78, 5) is 8.95. The quantitative estimate of drug-likeness (QED) is 0.737. The maximum absolute atomic E-state index is 6.18. The van der Waals surface area contributed by atoms with Crippen molar-refractivity contribution < 1.29 is 0 Å². The van der Waals surface area contributed by atoms with Crippen LogP contribution in [0, 0.1) is 13.8 Å². The molecule has 3 aromatic rings. The standard InChI is InChI=1S/C20H22N4/c1-5-20-23-12-14(3)24(20)19-10-13(2)17(21)11-16(19)15(4)18-8-6-7-9-22-18/h6-12H,4-5,21H2,1-3H3. The van der Waals surface area contributed by atoms with Gasteiger partial charge in [0, 0.05) is 41.3 Å². The molecule has 0 spiro atoms. The molecule has 1 aromatic carbocycles. The minimum atomic E-state index is 0.752. The number of rotatable bonds is 4. The number of benzene rings is 1. The fourth-order valence-corrected chi connectivity index (χ4v) is 2.88. The van der Waals surface area contributed by atoms with E-state index in [2.05, 4.69) is 41.0 Å². The van der Waals surface area contributed by atoms with E-state index in [-0.39, 0.29) is 0 Å². The van der Waals surface area contributed by atoms with E-state index in [4.69, 9.17) is 5.73 Å². The molecule has 0 atom stereocenters. The molecular weight excluding hydrogens is 296 g/mol. The van der Waals surface area contributed by atoms with Crippen LogP contribution in [0.2, 0.25) is 0 Å². The van der Waals surface area contributed by atoms with Gasteiger partial charge < -0.3 is 10.3 Å². The molecule has 122 valence electrons. The van der Waals surface area contributed by atoms with E-state index in [1.54, 1.807) is 6.20 Å². The fourth-order valence-electron chi connectivity index (χ4n) is 2.88. The summed E-state index contributed by atoms with van der Waals surface area (Å²) in [6.45, 7) is 10.5. The maximum Gasteiger partial charge on any atom is 0.113 e. The minimum absolute atomic E-state index is 0.752. The Balaban J connectivity index is 2.25. The monoisotopic (exact) mass is 318 g/mol. The predicted octanol–water partition coefficient (Wildman–Crippen LogP) is 4.09. The number of pyridine rings is 1. The van der Waals surface area contributed by atoms with Gasteiger partial charge in [-0.25, -0.2) is 4.98 Å². The Hall–Kier alpha value is -2.88. The smallest absolute Gasteiger partial charge is 0.113 e. The molecule has 0 amide bonds. The minimum Gasteiger partial charge on any atom is -0.398 e. The van der Waals surface area contributed by atoms with Crippen LogP contribution in [0.25, 0.3) is 11.3 Å². The van der Waals surface area contributed by atoms with Gasteiger partial charge in [-0.15, -0.1) is 0 Å². The first-order chi connectivity index (χ1) is 11.5. The number of nitrogens with zero attached hydrogens (tertiary/aromatic N) is 3. The first-order valence-electron chi connectivity index (χ1n) is 8.07. The Bertz CT molecular complexity index is 892. The van der Waals surface area contributed by atoms with E-state index in [0.717, 1.165) is 51.7 Å². The summed E-state index contributed by atoms with van der Waals surface area (Å²) in [5.74, 6) is 1.02. The zero-order valence-electron chi connectivity index (χ0n) is 14.4. The van der Waals surface area contributed by atoms with Crippen LogP contribution >= 0.6 is 0 Å². The van der Waals surface area contributed by atoms with Crippen LogP contribution in [-0.2, 0) is 6.42 Å². The van der Waals surface area contributed by atoms with Crippen molar-refractivity contribution in [2.75, 3.05) is 5.73 Å². The van der Waals surface area contributed by atoms with Crippen molar-refractivity contribution in [1.29, 1.82) is 0 Å². The first kappa shape index (κ1) is 16.0. The molecule has 0 saturated heterocycles. The average Bonchev–Trinajstić information content (AvgIpc) is 2.97. The van der Waals surface area contributed by atoms with Gasteiger partial charge in [0.1, 0.15) is 5.82 Å². The zero-order chi connectivity index (χ0) is 17.3. The summed E-state index contributed by atoms with van der Waals surface area (Å²) >= 11 is 0. The van der Waals surface area contributed by atoms with Crippen LogP contribution in [0.5, 0.6) is 0 Å². The van der Waals surface area contributed by atoms with Crippen molar-refractivity contribution in [3.05, 3.63) is 77.6 Å². The summed E-state index contributed by atoms with van der Waals surface area (Å²) in [6, 6.07) is 9.91. The number of hydrogen-bond donors (Lipinski definition) is 1. The van der Waals surface area contributed by atoms with E-state index in [1.807, 2.05) is 37.4 Å². The van der Waals surface area contributed by atoms with Crippen molar-refractivity contribution >= 4 is 11.3 Å². The average molecular weight is 318 g/mol. The van der Waals surface area contributed by atoms with Crippen molar-refractivity contribution in [1.82, 2.24) is 14.5 Å². The molecule has 2 N–H and O–H groups in total. The van der Waals surface area contributed by atoms with Crippen molar-refractivity contribution in [2.24, 2.45) is 0 Å². The second kappa shape index (κ2) is 6.32. The van der Waals surface area contributed by atoms with Crippen LogP contribution in [0.3, 0.4) is 0 Å². The second-order valence-corrected chi connectivity index (χ2v) is 5.92. The summed E-state index contributed by atoms with van der Waals surface area (Å²) in [5, 5.41) is 0. The van der Waals surface area contributed by atoms with E-state index >= 15 is 0 Å². The highest BCUT2D eigenvalue weighted by Crippen LogP contribution is 2.31. The molecule has 0 fully saturated rings. The number of aryl methyl sites for hydroxylation is 3. The molecule has 2 aromatic heterocycles. The van der Waals surface area contributed by atoms with Gasteiger partial charge >= 0.3 is 0 Å². The summed E-state index contributed by atoms with van der Waals surface area (Å²) in [6.07, 6.45) is 4.53. The SMILES string of the molecule is C=C(c1ccccn1)c1cc(N)c(C)cc1-n1c(C)cnc1CC. The van der Waals surface area contributed by atoms with Crippen molar-refractivity contribution in [3.63, 3.8) is 0 Å². The third kappa shape index (κ3) is 2.71. The van der Waals surface area contributed by atoms with E-state index in [1.165, 1.54) is 0 Å². The highest BCUT2D eigenvalue weighted by molar-refractivity contribution is 5.83. The summed E-state index contributed by atoms with van der Waals surface area (Å²) in [7, 11) is 0. The molecule has 0 aliphatic heterocycles. The molecule has 0 aliphatic carbocycles. The van der Waals surface area contributed by atoms with Gasteiger partial charge in [0.05, 0.1) is 11.4 Å².